The van der Waals surface area contributed by atoms with Crippen LogP contribution in [0.15, 0.2) is 61.2 Å². The van der Waals surface area contributed by atoms with Crippen LogP contribution >= 0.6 is 0 Å². The van der Waals surface area contributed by atoms with Gasteiger partial charge in [0.25, 0.3) is 5.91 Å². The molecule has 0 radical (unpaired) electrons. The lowest BCUT2D eigenvalue weighted by Gasteiger charge is -2.07. The van der Waals surface area contributed by atoms with Crippen LogP contribution in [0, 0.1) is 0 Å². The van der Waals surface area contributed by atoms with E-state index in [0.717, 1.165) is 17.0 Å². The van der Waals surface area contributed by atoms with Crippen LogP contribution in [0.2, 0.25) is 0 Å². The Morgan fingerprint density at radius 1 is 1.13 bits per heavy atom. The minimum Gasteiger partial charge on any atom is -0.497 e. The van der Waals surface area contributed by atoms with E-state index in [-0.39, 0.29) is 5.91 Å². The molecule has 0 fully saturated rings. The van der Waals surface area contributed by atoms with E-state index in [4.69, 9.17) is 4.74 Å². The van der Waals surface area contributed by atoms with Gasteiger partial charge in [0.15, 0.2) is 0 Å². The smallest absolute Gasteiger partial charge is 0.251 e. The van der Waals surface area contributed by atoms with Crippen molar-refractivity contribution in [3.05, 3.63) is 72.3 Å². The van der Waals surface area contributed by atoms with Crippen molar-refractivity contribution in [3.8, 4) is 11.4 Å². The first-order valence-electron chi connectivity index (χ1n) is 7.12. The van der Waals surface area contributed by atoms with E-state index in [0.29, 0.717) is 12.1 Å². The maximum atomic E-state index is 12.2. The molecule has 3 rings (SSSR count). The van der Waals surface area contributed by atoms with Crippen molar-refractivity contribution in [2.75, 3.05) is 7.11 Å². The highest BCUT2D eigenvalue weighted by molar-refractivity contribution is 5.94. The molecule has 1 heterocycles. The quantitative estimate of drug-likeness (QED) is 0.784. The van der Waals surface area contributed by atoms with Crippen molar-refractivity contribution in [2.24, 2.45) is 0 Å². The number of aromatic nitrogens is 3. The Kier molecular flexibility index (Phi) is 4.33. The van der Waals surface area contributed by atoms with Gasteiger partial charge in [0.2, 0.25) is 0 Å². The number of nitrogens with one attached hydrogen (secondary N) is 1. The van der Waals surface area contributed by atoms with Crippen LogP contribution in [0.4, 0.5) is 0 Å². The zero-order valence-electron chi connectivity index (χ0n) is 12.6. The third-order valence-corrected chi connectivity index (χ3v) is 3.42. The lowest BCUT2D eigenvalue weighted by molar-refractivity contribution is 0.0951. The molecule has 0 atom stereocenters. The van der Waals surface area contributed by atoms with E-state index in [9.17, 15) is 4.79 Å². The summed E-state index contributed by atoms with van der Waals surface area (Å²) in [5.74, 6) is 0.676. The minimum absolute atomic E-state index is 0.119. The maximum absolute atomic E-state index is 12.2. The SMILES string of the molecule is COc1ccc(CNC(=O)c2ccc(-n3cncn3)cc2)cc1. The second-order valence-corrected chi connectivity index (χ2v) is 4.92. The number of hydrogen-bond donors (Lipinski definition) is 1. The van der Waals surface area contributed by atoms with Gasteiger partial charge in [-0.15, -0.1) is 0 Å². The van der Waals surface area contributed by atoms with Gasteiger partial charge in [-0.05, 0) is 42.0 Å². The summed E-state index contributed by atoms with van der Waals surface area (Å²) in [5.41, 5.74) is 2.47. The number of ether oxygens (including phenoxy) is 1. The van der Waals surface area contributed by atoms with Crippen LogP contribution in [-0.4, -0.2) is 27.8 Å². The second kappa shape index (κ2) is 6.74. The number of benzene rings is 2. The zero-order valence-corrected chi connectivity index (χ0v) is 12.6. The van der Waals surface area contributed by atoms with Crippen LogP contribution in [0.5, 0.6) is 5.75 Å². The highest BCUT2D eigenvalue weighted by atomic mass is 16.5. The molecule has 6 nitrogen and oxygen atoms in total. The number of hydrogen-bond acceptors (Lipinski definition) is 4. The molecule has 0 aliphatic rings. The summed E-state index contributed by atoms with van der Waals surface area (Å²) < 4.78 is 6.74. The van der Waals surface area contributed by atoms with Gasteiger partial charge >= 0.3 is 0 Å². The van der Waals surface area contributed by atoms with Gasteiger partial charge in [0.05, 0.1) is 12.8 Å². The molecular weight excluding hydrogens is 292 g/mol. The highest BCUT2D eigenvalue weighted by Gasteiger charge is 2.06. The van der Waals surface area contributed by atoms with E-state index in [1.54, 1.807) is 30.3 Å². The van der Waals surface area contributed by atoms with Crippen LogP contribution in [0.25, 0.3) is 5.69 Å². The van der Waals surface area contributed by atoms with E-state index in [2.05, 4.69) is 15.4 Å². The fraction of sp³-hybridized carbons (Fsp3) is 0.118. The van der Waals surface area contributed by atoms with Crippen molar-refractivity contribution in [1.82, 2.24) is 20.1 Å². The number of rotatable bonds is 5. The van der Waals surface area contributed by atoms with E-state index >= 15 is 0 Å². The molecule has 0 saturated carbocycles. The van der Waals surface area contributed by atoms with E-state index in [1.807, 2.05) is 36.4 Å². The molecule has 6 heteroatoms. The van der Waals surface area contributed by atoms with Gasteiger partial charge < -0.3 is 10.1 Å². The Hall–Kier alpha value is -3.15. The standard InChI is InChI=1S/C17H16N4O2/c1-23-16-8-2-13(3-9-16)10-19-17(22)14-4-6-15(7-5-14)21-12-18-11-20-21/h2-9,11-12H,10H2,1H3,(H,19,22). The predicted molar refractivity (Wildman–Crippen MR) is 85.5 cm³/mol. The average molecular weight is 308 g/mol. The molecule has 0 spiro atoms. The van der Waals surface area contributed by atoms with Crippen molar-refractivity contribution in [1.29, 1.82) is 0 Å². The van der Waals surface area contributed by atoms with Crippen molar-refractivity contribution in [3.63, 3.8) is 0 Å². The lowest BCUT2D eigenvalue weighted by atomic mass is 10.1. The van der Waals surface area contributed by atoms with Crippen molar-refractivity contribution in [2.45, 2.75) is 6.54 Å². The molecule has 0 aliphatic heterocycles. The Morgan fingerprint density at radius 3 is 2.48 bits per heavy atom. The number of carbonyl (C=O) groups excluding carboxylic acids is 1. The summed E-state index contributed by atoms with van der Waals surface area (Å²) in [6.45, 7) is 0.466. The summed E-state index contributed by atoms with van der Waals surface area (Å²) in [6, 6.07) is 14.8. The fourth-order valence-corrected chi connectivity index (χ4v) is 2.13. The average Bonchev–Trinajstić information content (AvgIpc) is 3.15. The van der Waals surface area contributed by atoms with E-state index < -0.39 is 0 Å². The topological polar surface area (TPSA) is 69.0 Å². The fourth-order valence-electron chi connectivity index (χ4n) is 2.13. The molecule has 116 valence electrons. The van der Waals surface area contributed by atoms with Crippen LogP contribution < -0.4 is 10.1 Å². The van der Waals surface area contributed by atoms with Crippen LogP contribution in [0.3, 0.4) is 0 Å². The van der Waals surface area contributed by atoms with Gasteiger partial charge in [-0.25, -0.2) is 9.67 Å². The number of amides is 1. The third-order valence-electron chi connectivity index (χ3n) is 3.42. The maximum Gasteiger partial charge on any atom is 0.251 e. The molecule has 2 aromatic carbocycles. The lowest BCUT2D eigenvalue weighted by Crippen LogP contribution is -2.22. The van der Waals surface area contributed by atoms with Gasteiger partial charge in [0.1, 0.15) is 18.4 Å². The monoisotopic (exact) mass is 308 g/mol. The number of nitrogens with zero attached hydrogens (tertiary/aromatic N) is 3. The van der Waals surface area contributed by atoms with Crippen molar-refractivity contribution >= 4 is 5.91 Å². The summed E-state index contributed by atoms with van der Waals surface area (Å²) >= 11 is 0. The number of carbonyl (C=O) groups is 1. The molecular formula is C17H16N4O2. The summed E-state index contributed by atoms with van der Waals surface area (Å²) in [4.78, 5) is 16.1. The largest absolute Gasteiger partial charge is 0.497 e. The summed E-state index contributed by atoms with van der Waals surface area (Å²) in [5, 5.41) is 6.94. The summed E-state index contributed by atoms with van der Waals surface area (Å²) in [6.07, 6.45) is 3.08. The number of methoxy groups -OCH3 is 1. The normalized spacial score (nSPS) is 10.3. The van der Waals surface area contributed by atoms with Crippen LogP contribution in [-0.2, 0) is 6.54 Å². The minimum atomic E-state index is -0.119. The third kappa shape index (κ3) is 3.55. The van der Waals surface area contributed by atoms with E-state index in [1.165, 1.54) is 6.33 Å². The Balaban J connectivity index is 1.61. The Labute approximate surface area is 133 Å². The van der Waals surface area contributed by atoms with Gasteiger partial charge in [-0.1, -0.05) is 12.1 Å². The summed E-state index contributed by atoms with van der Waals surface area (Å²) in [7, 11) is 1.62. The molecule has 3 aromatic rings. The first-order valence-corrected chi connectivity index (χ1v) is 7.12. The molecule has 0 bridgehead atoms. The first kappa shape index (κ1) is 14.8. The second-order valence-electron chi connectivity index (χ2n) is 4.92. The van der Waals surface area contributed by atoms with Crippen LogP contribution in [0.1, 0.15) is 15.9 Å². The molecule has 1 aromatic heterocycles. The molecule has 0 aliphatic carbocycles. The van der Waals surface area contributed by atoms with Gasteiger partial charge in [-0.2, -0.15) is 5.10 Å². The highest BCUT2D eigenvalue weighted by Crippen LogP contribution is 2.12. The van der Waals surface area contributed by atoms with Crippen molar-refractivity contribution < 1.29 is 9.53 Å². The van der Waals surface area contributed by atoms with Gasteiger partial charge in [0, 0.05) is 12.1 Å². The Bertz CT molecular complexity index is 765. The molecule has 1 N–H and O–H groups in total. The molecule has 1 amide bonds. The van der Waals surface area contributed by atoms with Gasteiger partial charge in [-0.3, -0.25) is 4.79 Å². The zero-order chi connectivity index (χ0) is 16.1. The molecule has 0 saturated heterocycles. The predicted octanol–water partition coefficient (Wildman–Crippen LogP) is 2.21. The molecule has 23 heavy (non-hydrogen) atoms. The Morgan fingerprint density at radius 2 is 1.87 bits per heavy atom. The molecule has 0 unspecified atom stereocenters. The first-order chi connectivity index (χ1) is 11.3.